The molecule has 9 nitrogen and oxygen atoms in total. The van der Waals surface area contributed by atoms with Crippen LogP contribution in [0.3, 0.4) is 0 Å². The van der Waals surface area contributed by atoms with E-state index in [-0.39, 0.29) is 10.8 Å². The lowest BCUT2D eigenvalue weighted by atomic mass is 10.4. The van der Waals surface area contributed by atoms with Crippen molar-refractivity contribution < 1.29 is 4.79 Å². The molecule has 0 fully saturated rings. The van der Waals surface area contributed by atoms with Gasteiger partial charge in [-0.1, -0.05) is 9.59 Å². The Morgan fingerprint density at radius 2 is 2.31 bits per heavy atom. The van der Waals surface area contributed by atoms with Crippen LogP contribution in [-0.4, -0.2) is 30.7 Å². The van der Waals surface area contributed by atoms with E-state index in [4.69, 9.17) is 5.84 Å². The molecule has 16 heavy (non-hydrogen) atoms. The van der Waals surface area contributed by atoms with E-state index < -0.39 is 5.91 Å². The molecule has 1 amide bonds. The summed E-state index contributed by atoms with van der Waals surface area (Å²) in [7, 11) is 0. The van der Waals surface area contributed by atoms with E-state index in [1.807, 2.05) is 0 Å². The molecule has 0 bridgehead atoms. The van der Waals surface area contributed by atoms with Gasteiger partial charge in [-0.05, 0) is 5.21 Å². The van der Waals surface area contributed by atoms with Gasteiger partial charge in [-0.15, -0.1) is 0 Å². The maximum Gasteiger partial charge on any atom is 0.277 e. The Labute approximate surface area is 93.2 Å². The first-order valence-electron chi connectivity index (χ1n) is 4.04. The van der Waals surface area contributed by atoms with Gasteiger partial charge in [-0.2, -0.15) is 0 Å². The summed E-state index contributed by atoms with van der Waals surface area (Å²) in [5.74, 6) is 4.98. The first kappa shape index (κ1) is 10.3. The van der Waals surface area contributed by atoms with E-state index >= 15 is 0 Å². The Morgan fingerprint density at radius 3 is 3.00 bits per heavy atom. The molecule has 0 aliphatic rings. The maximum atomic E-state index is 11.6. The van der Waals surface area contributed by atoms with Gasteiger partial charge in [0.05, 0.1) is 12.4 Å². The summed E-state index contributed by atoms with van der Waals surface area (Å²) in [5, 5.41) is 9.65. The quantitative estimate of drug-likeness (QED) is 0.470. The second-order valence-corrected chi connectivity index (χ2v) is 3.29. The average molecular weight is 238 g/mol. The van der Waals surface area contributed by atoms with Crippen molar-refractivity contribution in [1.29, 1.82) is 0 Å². The predicted octanol–water partition coefficient (Wildman–Crippen LogP) is -0.739. The van der Waals surface area contributed by atoms with E-state index in [0.29, 0.717) is 5.82 Å². The van der Waals surface area contributed by atoms with Gasteiger partial charge >= 0.3 is 0 Å². The number of nitrogen functional groups attached to an aromatic ring is 1. The summed E-state index contributed by atoms with van der Waals surface area (Å²) in [6.07, 6.45) is 2.70. The number of carbonyl (C=O) groups excluding carboxylic acids is 1. The number of nitrogens with one attached hydrogen (secondary N) is 2. The molecule has 0 radical (unpaired) electrons. The third kappa shape index (κ3) is 2.24. The van der Waals surface area contributed by atoms with Crippen LogP contribution in [0.1, 0.15) is 10.5 Å². The van der Waals surface area contributed by atoms with Crippen molar-refractivity contribution in [2.24, 2.45) is 5.84 Å². The standard InChI is InChI=1S/C6H6N8OS/c7-11-4-2-8-1-3(9-4)5(15)10-6-12-13-14-16-6/h1-2H,7H2,(H,9,11)(H,10,12,14,15). The Bertz CT molecular complexity index is 485. The highest BCUT2D eigenvalue weighted by Gasteiger charge is 2.10. The molecule has 2 aromatic heterocycles. The van der Waals surface area contributed by atoms with Crippen LogP contribution in [0, 0.1) is 0 Å². The number of amides is 1. The lowest BCUT2D eigenvalue weighted by Crippen LogP contribution is -2.16. The number of nitrogens with zero attached hydrogens (tertiary/aromatic N) is 5. The zero-order chi connectivity index (χ0) is 11.4. The Balaban J connectivity index is 2.14. The zero-order valence-corrected chi connectivity index (χ0v) is 8.60. The van der Waals surface area contributed by atoms with Gasteiger partial charge in [0.2, 0.25) is 5.13 Å². The third-order valence-electron chi connectivity index (χ3n) is 1.53. The minimum Gasteiger partial charge on any atom is -0.307 e. The van der Waals surface area contributed by atoms with Gasteiger partial charge in [0.25, 0.3) is 5.91 Å². The highest BCUT2D eigenvalue weighted by molar-refractivity contribution is 7.09. The molecule has 0 aromatic carbocycles. The zero-order valence-electron chi connectivity index (χ0n) is 7.78. The molecule has 0 unspecified atom stereocenters. The van der Waals surface area contributed by atoms with Crippen LogP contribution in [0.25, 0.3) is 0 Å². The SMILES string of the molecule is NNc1cncc(C(=O)Nc2nnns2)n1. The molecule has 0 aliphatic heterocycles. The normalized spacial score (nSPS) is 9.81. The highest BCUT2D eigenvalue weighted by atomic mass is 32.1. The number of nitrogens with two attached hydrogens (primary N) is 1. The van der Waals surface area contributed by atoms with Crippen LogP contribution >= 0.6 is 11.5 Å². The number of hydrazine groups is 1. The van der Waals surface area contributed by atoms with Crippen LogP contribution in [0.4, 0.5) is 10.9 Å². The first-order chi connectivity index (χ1) is 7.79. The monoisotopic (exact) mass is 238 g/mol. The van der Waals surface area contributed by atoms with Crippen molar-refractivity contribution in [2.75, 3.05) is 10.7 Å². The molecule has 0 atom stereocenters. The molecule has 0 aliphatic carbocycles. The minimum absolute atomic E-state index is 0.116. The fourth-order valence-electron chi connectivity index (χ4n) is 0.888. The molecule has 0 saturated heterocycles. The molecular formula is C6H6N8OS. The Hall–Kier alpha value is -2.20. The Morgan fingerprint density at radius 1 is 1.44 bits per heavy atom. The molecular weight excluding hydrogens is 232 g/mol. The third-order valence-corrected chi connectivity index (χ3v) is 2.05. The van der Waals surface area contributed by atoms with Gasteiger partial charge in [0.15, 0.2) is 5.82 Å². The van der Waals surface area contributed by atoms with Crippen LogP contribution in [0.15, 0.2) is 12.4 Å². The van der Waals surface area contributed by atoms with Crippen molar-refractivity contribution in [3.63, 3.8) is 0 Å². The molecule has 82 valence electrons. The molecule has 10 heteroatoms. The smallest absolute Gasteiger partial charge is 0.277 e. The largest absolute Gasteiger partial charge is 0.307 e. The lowest BCUT2D eigenvalue weighted by Gasteiger charge is -2.01. The second-order valence-electron chi connectivity index (χ2n) is 2.56. The fraction of sp³-hybridized carbons (Fsp3) is 0. The molecule has 0 saturated carbocycles. The maximum absolute atomic E-state index is 11.6. The van der Waals surface area contributed by atoms with Crippen LogP contribution in [0.5, 0.6) is 0 Å². The van der Waals surface area contributed by atoms with E-state index in [9.17, 15) is 4.79 Å². The van der Waals surface area contributed by atoms with Crippen LogP contribution in [-0.2, 0) is 0 Å². The molecule has 2 rings (SSSR count). The molecule has 4 N–H and O–H groups in total. The lowest BCUT2D eigenvalue weighted by molar-refractivity contribution is 0.102. The average Bonchev–Trinajstić information content (AvgIpc) is 2.82. The number of anilines is 2. The Kier molecular flexibility index (Phi) is 2.93. The summed E-state index contributed by atoms with van der Waals surface area (Å²) in [6.45, 7) is 0. The molecule has 2 aromatic rings. The van der Waals surface area contributed by atoms with Crippen molar-refractivity contribution in [3.8, 4) is 0 Å². The van der Waals surface area contributed by atoms with Gasteiger partial charge < -0.3 is 5.43 Å². The van der Waals surface area contributed by atoms with Gasteiger partial charge in [0.1, 0.15) is 5.69 Å². The highest BCUT2D eigenvalue weighted by Crippen LogP contribution is 2.07. The summed E-state index contributed by atoms with van der Waals surface area (Å²) in [6, 6.07) is 0. The van der Waals surface area contributed by atoms with Crippen LogP contribution < -0.4 is 16.6 Å². The molecule has 2 heterocycles. The van der Waals surface area contributed by atoms with Gasteiger partial charge in [0, 0.05) is 11.5 Å². The summed E-state index contributed by atoms with van der Waals surface area (Å²) < 4.78 is 3.50. The first-order valence-corrected chi connectivity index (χ1v) is 4.82. The van der Waals surface area contributed by atoms with Gasteiger partial charge in [-0.25, -0.2) is 10.8 Å². The van der Waals surface area contributed by atoms with Crippen molar-refractivity contribution in [1.82, 2.24) is 24.8 Å². The summed E-state index contributed by atoms with van der Waals surface area (Å²) in [5.41, 5.74) is 2.41. The number of hydrogen-bond donors (Lipinski definition) is 3. The van der Waals surface area contributed by atoms with Gasteiger partial charge in [-0.3, -0.25) is 15.1 Å². The predicted molar refractivity (Wildman–Crippen MR) is 55.5 cm³/mol. The number of hydrogen-bond acceptors (Lipinski definition) is 9. The number of rotatable bonds is 3. The van der Waals surface area contributed by atoms with Crippen molar-refractivity contribution in [3.05, 3.63) is 18.1 Å². The van der Waals surface area contributed by atoms with E-state index in [1.54, 1.807) is 0 Å². The summed E-state index contributed by atoms with van der Waals surface area (Å²) >= 11 is 0.963. The summed E-state index contributed by atoms with van der Waals surface area (Å²) in [4.78, 5) is 19.3. The van der Waals surface area contributed by atoms with E-state index in [1.165, 1.54) is 12.4 Å². The van der Waals surface area contributed by atoms with Crippen molar-refractivity contribution in [2.45, 2.75) is 0 Å². The minimum atomic E-state index is -0.455. The fourth-order valence-corrected chi connectivity index (χ4v) is 1.25. The number of aromatic nitrogens is 5. The topological polar surface area (TPSA) is 132 Å². The van der Waals surface area contributed by atoms with Crippen molar-refractivity contribution >= 4 is 28.4 Å². The van der Waals surface area contributed by atoms with E-state index in [2.05, 4.69) is 35.5 Å². The van der Waals surface area contributed by atoms with Crippen LogP contribution in [0.2, 0.25) is 0 Å². The number of carbonyl (C=O) groups is 1. The molecule has 0 spiro atoms. The second kappa shape index (κ2) is 4.55. The van der Waals surface area contributed by atoms with E-state index in [0.717, 1.165) is 11.5 Å².